The van der Waals surface area contributed by atoms with Crippen LogP contribution in [0.25, 0.3) is 0 Å². The third-order valence-corrected chi connectivity index (χ3v) is 2.07. The topological polar surface area (TPSA) is 46.5 Å². The molecule has 1 N–H and O–H groups in total. The largest absolute Gasteiger partial charge is 0.459 e. The number of rotatable bonds is 1. The van der Waals surface area contributed by atoms with Gasteiger partial charge in [0.05, 0.1) is 12.5 Å². The van der Waals surface area contributed by atoms with Gasteiger partial charge in [-0.2, -0.15) is 0 Å². The Hall–Kier alpha value is -0.570. The van der Waals surface area contributed by atoms with Gasteiger partial charge in [-0.1, -0.05) is 0 Å². The van der Waals surface area contributed by atoms with Crippen LogP contribution in [0.4, 0.5) is 0 Å². The van der Waals surface area contributed by atoms with Crippen LogP contribution in [-0.4, -0.2) is 23.8 Å². The molecule has 9 heavy (non-hydrogen) atoms. The van der Waals surface area contributed by atoms with Gasteiger partial charge in [0, 0.05) is 5.92 Å². The van der Waals surface area contributed by atoms with E-state index in [1.807, 2.05) is 0 Å². The molecule has 0 aromatic carbocycles. The van der Waals surface area contributed by atoms with Gasteiger partial charge >= 0.3 is 5.97 Å². The second-order valence-corrected chi connectivity index (χ2v) is 2.66. The molecule has 1 aliphatic carbocycles. The van der Waals surface area contributed by atoms with E-state index in [0.717, 1.165) is 6.42 Å². The highest BCUT2D eigenvalue weighted by Gasteiger charge is 2.56. The smallest absolute Gasteiger partial charge is 0.309 e. The minimum Gasteiger partial charge on any atom is -0.459 e. The summed E-state index contributed by atoms with van der Waals surface area (Å²) in [6.07, 6.45) is 0.756. The fourth-order valence-corrected chi connectivity index (χ4v) is 1.39. The fraction of sp³-hybridized carbons (Fsp3) is 0.833. The Morgan fingerprint density at radius 2 is 2.56 bits per heavy atom. The zero-order valence-corrected chi connectivity index (χ0v) is 4.91. The van der Waals surface area contributed by atoms with E-state index >= 15 is 0 Å². The Bertz CT molecular complexity index is 154. The van der Waals surface area contributed by atoms with Crippen molar-refractivity contribution < 1.29 is 14.6 Å². The predicted molar refractivity (Wildman–Crippen MR) is 28.6 cm³/mol. The third kappa shape index (κ3) is 0.580. The molecule has 2 aliphatic rings. The van der Waals surface area contributed by atoms with Crippen molar-refractivity contribution in [3.8, 4) is 0 Å². The summed E-state index contributed by atoms with van der Waals surface area (Å²) in [4.78, 5) is 10.7. The molecule has 1 heterocycles. The molecule has 3 heteroatoms. The van der Waals surface area contributed by atoms with Crippen LogP contribution in [-0.2, 0) is 9.53 Å². The Balaban J connectivity index is 2.08. The maximum absolute atomic E-state index is 10.7. The van der Waals surface area contributed by atoms with E-state index in [0.29, 0.717) is 5.92 Å². The van der Waals surface area contributed by atoms with Crippen molar-refractivity contribution in [2.45, 2.75) is 12.5 Å². The number of hydrogen-bond acceptors (Lipinski definition) is 3. The first kappa shape index (κ1) is 5.23. The molecule has 0 amide bonds. The van der Waals surface area contributed by atoms with Crippen LogP contribution >= 0.6 is 0 Å². The van der Waals surface area contributed by atoms with Crippen molar-refractivity contribution in [3.05, 3.63) is 0 Å². The Morgan fingerprint density at radius 3 is 2.78 bits per heavy atom. The summed E-state index contributed by atoms with van der Waals surface area (Å²) >= 11 is 0. The van der Waals surface area contributed by atoms with Crippen LogP contribution in [0.5, 0.6) is 0 Å². The molecule has 2 rings (SSSR count). The minimum absolute atomic E-state index is 0.00704. The van der Waals surface area contributed by atoms with Crippen LogP contribution in [0.3, 0.4) is 0 Å². The molecule has 3 nitrogen and oxygen atoms in total. The average Bonchev–Trinajstić information content (AvgIpc) is 2.56. The van der Waals surface area contributed by atoms with Gasteiger partial charge in [-0.25, -0.2) is 0 Å². The molecule has 0 unspecified atom stereocenters. The van der Waals surface area contributed by atoms with Crippen molar-refractivity contribution >= 4 is 5.97 Å². The van der Waals surface area contributed by atoms with Crippen LogP contribution in [0.2, 0.25) is 0 Å². The van der Waals surface area contributed by atoms with E-state index in [-0.39, 0.29) is 24.6 Å². The lowest BCUT2D eigenvalue weighted by molar-refractivity contribution is -0.146. The van der Waals surface area contributed by atoms with Gasteiger partial charge in [0.15, 0.2) is 0 Å². The molecule has 2 fully saturated rings. The predicted octanol–water partition coefficient (Wildman–Crippen LogP) is -0.460. The third-order valence-electron chi connectivity index (χ3n) is 2.07. The highest BCUT2D eigenvalue weighted by atomic mass is 16.6. The van der Waals surface area contributed by atoms with Gasteiger partial charge < -0.3 is 9.84 Å². The summed E-state index contributed by atoms with van der Waals surface area (Å²) in [6, 6.07) is 0. The van der Waals surface area contributed by atoms with E-state index in [4.69, 9.17) is 9.84 Å². The number of fused-ring (bicyclic) bond motifs is 1. The number of carbonyl (C=O) groups is 1. The first-order chi connectivity index (χ1) is 4.33. The molecule has 1 aliphatic heterocycles. The molecule has 0 radical (unpaired) electrons. The summed E-state index contributed by atoms with van der Waals surface area (Å²) in [5.41, 5.74) is 0. The van der Waals surface area contributed by atoms with Gasteiger partial charge in [0.25, 0.3) is 0 Å². The highest BCUT2D eigenvalue weighted by Crippen LogP contribution is 2.48. The number of hydrogen-bond donors (Lipinski definition) is 1. The van der Waals surface area contributed by atoms with Crippen LogP contribution in [0.15, 0.2) is 0 Å². The summed E-state index contributed by atoms with van der Waals surface area (Å²) < 4.78 is 4.78. The normalized spacial score (nSPS) is 46.3. The molecular formula is C6H8O3. The van der Waals surface area contributed by atoms with E-state index in [1.54, 1.807) is 0 Å². The Morgan fingerprint density at radius 1 is 1.78 bits per heavy atom. The summed E-state index contributed by atoms with van der Waals surface area (Å²) in [7, 11) is 0. The summed E-state index contributed by atoms with van der Waals surface area (Å²) in [6.45, 7) is -0.00704. The van der Waals surface area contributed by atoms with Crippen molar-refractivity contribution in [2.75, 3.05) is 6.61 Å². The molecule has 3 atom stereocenters. The molecule has 1 saturated carbocycles. The van der Waals surface area contributed by atoms with Gasteiger partial charge in [0.1, 0.15) is 6.10 Å². The average molecular weight is 128 g/mol. The van der Waals surface area contributed by atoms with Crippen LogP contribution in [0.1, 0.15) is 6.42 Å². The van der Waals surface area contributed by atoms with Crippen LogP contribution < -0.4 is 0 Å². The lowest BCUT2D eigenvalue weighted by atomic mass is 10.2. The van der Waals surface area contributed by atoms with E-state index < -0.39 is 0 Å². The zero-order valence-electron chi connectivity index (χ0n) is 4.91. The molecule has 0 aromatic rings. The fourth-order valence-electron chi connectivity index (χ4n) is 1.39. The summed E-state index contributed by atoms with van der Waals surface area (Å²) in [5.74, 6) is 0.378. The first-order valence-corrected chi connectivity index (χ1v) is 3.14. The number of cyclic esters (lactones) is 1. The van der Waals surface area contributed by atoms with Gasteiger partial charge in [0.2, 0.25) is 0 Å². The van der Waals surface area contributed by atoms with E-state index in [9.17, 15) is 4.79 Å². The minimum atomic E-state index is -0.178. The Labute approximate surface area is 52.6 Å². The van der Waals surface area contributed by atoms with E-state index in [1.165, 1.54) is 0 Å². The molecule has 0 aromatic heterocycles. The number of aliphatic hydroxyl groups excluding tert-OH is 1. The molecule has 0 bridgehead atoms. The number of esters is 1. The number of aliphatic hydroxyl groups is 1. The standard InChI is InChI=1S/C6H8O3/c7-2-5-3-1-4(3)6(8)9-5/h3-5,7H,1-2H2/t3-,4+,5-/m0/s1. The number of carbonyl (C=O) groups excluding carboxylic acids is 1. The monoisotopic (exact) mass is 128 g/mol. The first-order valence-electron chi connectivity index (χ1n) is 3.14. The lowest BCUT2D eigenvalue weighted by Gasteiger charge is -2.06. The Kier molecular flexibility index (Phi) is 0.858. The molecule has 1 saturated heterocycles. The summed E-state index contributed by atoms with van der Waals surface area (Å²) in [5, 5.41) is 8.60. The second-order valence-electron chi connectivity index (χ2n) is 2.66. The van der Waals surface area contributed by atoms with Crippen molar-refractivity contribution in [1.82, 2.24) is 0 Å². The van der Waals surface area contributed by atoms with Crippen molar-refractivity contribution in [3.63, 3.8) is 0 Å². The second kappa shape index (κ2) is 1.48. The zero-order chi connectivity index (χ0) is 6.43. The van der Waals surface area contributed by atoms with Gasteiger partial charge in [-0.15, -0.1) is 0 Å². The van der Waals surface area contributed by atoms with Crippen LogP contribution in [0, 0.1) is 11.8 Å². The highest BCUT2D eigenvalue weighted by molar-refractivity contribution is 5.78. The van der Waals surface area contributed by atoms with Crippen molar-refractivity contribution in [2.24, 2.45) is 11.8 Å². The molecular weight excluding hydrogens is 120 g/mol. The van der Waals surface area contributed by atoms with E-state index in [2.05, 4.69) is 0 Å². The quantitative estimate of drug-likeness (QED) is 0.486. The maximum atomic E-state index is 10.7. The maximum Gasteiger partial charge on any atom is 0.309 e. The van der Waals surface area contributed by atoms with Crippen molar-refractivity contribution in [1.29, 1.82) is 0 Å². The van der Waals surface area contributed by atoms with Gasteiger partial charge in [-0.3, -0.25) is 4.79 Å². The lowest BCUT2D eigenvalue weighted by Crippen LogP contribution is -2.16. The SMILES string of the molecule is O=C1O[C@@H](CO)[C@H]2C[C@@H]12. The number of ether oxygens (including phenoxy) is 1. The van der Waals surface area contributed by atoms with Gasteiger partial charge in [-0.05, 0) is 6.42 Å². The molecule has 0 spiro atoms. The molecule has 50 valence electrons.